The third-order valence-corrected chi connectivity index (χ3v) is 1.71. The molecule has 0 saturated heterocycles. The number of hydrogen-bond donors (Lipinski definition) is 2. The van der Waals surface area contributed by atoms with Crippen LogP contribution in [0.2, 0.25) is 0 Å². The van der Waals surface area contributed by atoms with Crippen molar-refractivity contribution in [3.8, 4) is 0 Å². The summed E-state index contributed by atoms with van der Waals surface area (Å²) in [6, 6.07) is 2.58. The van der Waals surface area contributed by atoms with Crippen molar-refractivity contribution in [3.05, 3.63) is 28.2 Å². The highest BCUT2D eigenvalue weighted by molar-refractivity contribution is 5.94. The topological polar surface area (TPSA) is 92.8 Å². The van der Waals surface area contributed by atoms with Crippen LogP contribution in [0, 0.1) is 11.8 Å². The van der Waals surface area contributed by atoms with E-state index in [9.17, 15) is 9.70 Å². The first-order chi connectivity index (χ1) is 6.06. The number of carbonyl (C=O) groups is 1. The Morgan fingerprint density at radius 3 is 2.62 bits per heavy atom. The number of anilines is 1. The van der Waals surface area contributed by atoms with E-state index in [0.717, 1.165) is 0 Å². The van der Waals surface area contributed by atoms with Crippen molar-refractivity contribution < 1.29 is 9.90 Å². The predicted molar refractivity (Wildman–Crippen MR) is 48.0 cm³/mol. The van der Waals surface area contributed by atoms with Crippen molar-refractivity contribution in [2.75, 3.05) is 5.73 Å². The molecule has 68 valence electrons. The van der Waals surface area contributed by atoms with Gasteiger partial charge in [-0.3, -0.25) is 0 Å². The summed E-state index contributed by atoms with van der Waals surface area (Å²) >= 11 is 0. The zero-order valence-corrected chi connectivity index (χ0v) is 6.94. The molecule has 0 aromatic heterocycles. The van der Waals surface area contributed by atoms with Crippen molar-refractivity contribution in [2.24, 2.45) is 5.18 Å². The van der Waals surface area contributed by atoms with Crippen molar-refractivity contribution >= 4 is 17.3 Å². The number of aryl methyl sites for hydroxylation is 1. The van der Waals surface area contributed by atoms with Gasteiger partial charge in [0.2, 0.25) is 0 Å². The smallest absolute Gasteiger partial charge is 0.338 e. The number of nitrogen functional groups attached to an aromatic ring is 1. The molecule has 3 N–H and O–H groups in total. The molecule has 0 aliphatic carbocycles. The molecule has 1 aromatic carbocycles. The first-order valence-electron chi connectivity index (χ1n) is 3.53. The van der Waals surface area contributed by atoms with Gasteiger partial charge in [0, 0.05) is 5.69 Å². The number of aromatic carboxylic acids is 1. The van der Waals surface area contributed by atoms with Gasteiger partial charge in [0.05, 0.1) is 5.56 Å². The van der Waals surface area contributed by atoms with Crippen molar-refractivity contribution in [3.63, 3.8) is 0 Å². The normalized spacial score (nSPS) is 9.62. The van der Waals surface area contributed by atoms with Crippen molar-refractivity contribution in [1.82, 2.24) is 0 Å². The summed E-state index contributed by atoms with van der Waals surface area (Å²) in [4.78, 5) is 20.8. The summed E-state index contributed by atoms with van der Waals surface area (Å²) in [5, 5.41) is 11.3. The molecule has 0 heterocycles. The van der Waals surface area contributed by atoms with Crippen LogP contribution in [-0.4, -0.2) is 11.1 Å². The van der Waals surface area contributed by atoms with Gasteiger partial charge in [-0.05, 0) is 29.8 Å². The van der Waals surface area contributed by atoms with Crippen molar-refractivity contribution in [1.29, 1.82) is 0 Å². The van der Waals surface area contributed by atoms with Gasteiger partial charge >= 0.3 is 5.97 Å². The Morgan fingerprint density at radius 2 is 2.15 bits per heavy atom. The van der Waals surface area contributed by atoms with E-state index in [1.54, 1.807) is 6.92 Å². The molecule has 0 amide bonds. The minimum Gasteiger partial charge on any atom is -0.478 e. The van der Waals surface area contributed by atoms with Gasteiger partial charge in [0.25, 0.3) is 0 Å². The predicted octanol–water partition coefficient (Wildman–Crippen LogP) is 1.67. The lowest BCUT2D eigenvalue weighted by Crippen LogP contribution is -2.00. The molecule has 0 bridgehead atoms. The highest BCUT2D eigenvalue weighted by Gasteiger charge is 2.12. The van der Waals surface area contributed by atoms with Crippen LogP contribution in [0.25, 0.3) is 0 Å². The summed E-state index contributed by atoms with van der Waals surface area (Å²) in [6.07, 6.45) is 0. The number of rotatable bonds is 2. The molecule has 1 rings (SSSR count). The molecule has 1 aromatic rings. The monoisotopic (exact) mass is 180 g/mol. The molecule has 5 heteroatoms. The van der Waals surface area contributed by atoms with E-state index in [4.69, 9.17) is 10.8 Å². The first kappa shape index (κ1) is 9.18. The summed E-state index contributed by atoms with van der Waals surface area (Å²) in [6.45, 7) is 1.68. The Bertz CT molecular complexity index is 374. The van der Waals surface area contributed by atoms with Crippen LogP contribution in [0.15, 0.2) is 17.3 Å². The van der Waals surface area contributed by atoms with E-state index < -0.39 is 5.97 Å². The Morgan fingerprint density at radius 1 is 1.54 bits per heavy atom. The lowest BCUT2D eigenvalue weighted by molar-refractivity contribution is 0.0698. The fraction of sp³-hybridized carbons (Fsp3) is 0.125. The summed E-state index contributed by atoms with van der Waals surface area (Å²) in [5.41, 5.74) is 6.18. The number of benzene rings is 1. The van der Waals surface area contributed by atoms with Crippen LogP contribution < -0.4 is 5.73 Å². The third-order valence-electron chi connectivity index (χ3n) is 1.71. The number of carboxylic acid groups (broad SMARTS) is 1. The second-order valence-corrected chi connectivity index (χ2v) is 2.62. The fourth-order valence-electron chi connectivity index (χ4n) is 0.956. The molecular weight excluding hydrogens is 172 g/mol. The van der Waals surface area contributed by atoms with Crippen LogP contribution in [-0.2, 0) is 0 Å². The fourth-order valence-corrected chi connectivity index (χ4v) is 0.956. The number of nitrogens with zero attached hydrogens (tertiary/aromatic N) is 1. The van der Waals surface area contributed by atoms with Crippen molar-refractivity contribution in [2.45, 2.75) is 6.92 Å². The molecule has 0 spiro atoms. The highest BCUT2D eigenvalue weighted by atomic mass is 16.4. The van der Waals surface area contributed by atoms with E-state index in [1.165, 1.54) is 12.1 Å². The Balaban J connectivity index is 3.41. The van der Waals surface area contributed by atoms with Gasteiger partial charge in [0.1, 0.15) is 5.69 Å². The molecule has 0 unspecified atom stereocenters. The maximum atomic E-state index is 10.6. The number of carboxylic acids is 1. The Kier molecular flexibility index (Phi) is 2.27. The Hall–Kier alpha value is -1.91. The number of hydrogen-bond acceptors (Lipinski definition) is 4. The van der Waals surface area contributed by atoms with Crippen LogP contribution in [0.5, 0.6) is 0 Å². The molecule has 0 fully saturated rings. The van der Waals surface area contributed by atoms with E-state index >= 15 is 0 Å². The SMILES string of the molecule is Cc1cc(N=O)c(C(=O)O)cc1N. The van der Waals surface area contributed by atoms with Gasteiger partial charge in [-0.25, -0.2) is 4.79 Å². The molecule has 13 heavy (non-hydrogen) atoms. The molecule has 5 nitrogen and oxygen atoms in total. The molecule has 0 radical (unpaired) electrons. The van der Waals surface area contributed by atoms with Gasteiger partial charge in [-0.2, -0.15) is 0 Å². The van der Waals surface area contributed by atoms with E-state index in [2.05, 4.69) is 5.18 Å². The maximum Gasteiger partial charge on any atom is 0.338 e. The van der Waals surface area contributed by atoms with Crippen LogP contribution >= 0.6 is 0 Å². The quantitative estimate of drug-likeness (QED) is 0.534. The average molecular weight is 180 g/mol. The molecule has 0 aliphatic heterocycles. The minimum absolute atomic E-state index is 0.0980. The summed E-state index contributed by atoms with van der Waals surface area (Å²) < 4.78 is 0. The zero-order chi connectivity index (χ0) is 10.0. The van der Waals surface area contributed by atoms with Gasteiger partial charge in [-0.15, -0.1) is 4.91 Å². The van der Waals surface area contributed by atoms with Crippen LogP contribution in [0.1, 0.15) is 15.9 Å². The number of nitroso groups, excluding NO2 is 1. The summed E-state index contributed by atoms with van der Waals surface area (Å²) in [7, 11) is 0. The lowest BCUT2D eigenvalue weighted by Gasteiger charge is -2.03. The van der Waals surface area contributed by atoms with E-state index in [0.29, 0.717) is 11.3 Å². The highest BCUT2D eigenvalue weighted by Crippen LogP contribution is 2.24. The lowest BCUT2D eigenvalue weighted by atomic mass is 10.1. The second-order valence-electron chi connectivity index (χ2n) is 2.62. The van der Waals surface area contributed by atoms with Gasteiger partial charge in [0.15, 0.2) is 0 Å². The van der Waals surface area contributed by atoms with E-state index in [-0.39, 0.29) is 11.3 Å². The third kappa shape index (κ3) is 1.64. The minimum atomic E-state index is -1.21. The van der Waals surface area contributed by atoms with E-state index in [1.807, 2.05) is 0 Å². The molecular formula is C8H8N2O3. The molecule has 0 atom stereocenters. The first-order valence-corrected chi connectivity index (χ1v) is 3.53. The van der Waals surface area contributed by atoms with Gasteiger partial charge in [-0.1, -0.05) is 0 Å². The maximum absolute atomic E-state index is 10.6. The van der Waals surface area contributed by atoms with Crippen LogP contribution in [0.3, 0.4) is 0 Å². The standard InChI is InChI=1S/C8H8N2O3/c1-4-2-7(10-13)5(8(11)12)3-6(4)9/h2-3H,9H2,1H3,(H,11,12). The summed E-state index contributed by atoms with van der Waals surface area (Å²) in [5.74, 6) is -1.21. The number of nitrogens with two attached hydrogens (primary N) is 1. The molecule has 0 aliphatic rings. The van der Waals surface area contributed by atoms with Gasteiger partial charge < -0.3 is 10.8 Å². The average Bonchev–Trinajstić information content (AvgIpc) is 2.08. The molecule has 0 saturated carbocycles. The Labute approximate surface area is 74.2 Å². The largest absolute Gasteiger partial charge is 0.478 e. The zero-order valence-electron chi connectivity index (χ0n) is 6.94. The second kappa shape index (κ2) is 3.22. The van der Waals surface area contributed by atoms with Crippen LogP contribution in [0.4, 0.5) is 11.4 Å².